The molecular formula is C18H20N2O12S. The van der Waals surface area contributed by atoms with Crippen LogP contribution in [-0.4, -0.2) is 59.7 Å². The van der Waals surface area contributed by atoms with E-state index in [0.29, 0.717) is 6.07 Å². The summed E-state index contributed by atoms with van der Waals surface area (Å²) in [6.07, 6.45) is -4.71. The van der Waals surface area contributed by atoms with Gasteiger partial charge in [0.25, 0.3) is 11.4 Å². The van der Waals surface area contributed by atoms with E-state index in [1.54, 1.807) is 0 Å². The van der Waals surface area contributed by atoms with E-state index in [2.05, 4.69) is 0 Å². The summed E-state index contributed by atoms with van der Waals surface area (Å²) in [6.45, 7) is 3.14. The maximum absolute atomic E-state index is 13.4. The van der Waals surface area contributed by atoms with Gasteiger partial charge in [0.2, 0.25) is 0 Å². The molecule has 0 radical (unpaired) electrons. The van der Waals surface area contributed by atoms with Gasteiger partial charge in [-0.2, -0.15) is 0 Å². The molecule has 33 heavy (non-hydrogen) atoms. The molecule has 2 rings (SSSR count). The number of non-ortho nitro benzene ring substituents is 1. The van der Waals surface area contributed by atoms with Crippen molar-refractivity contribution in [2.75, 3.05) is 0 Å². The second kappa shape index (κ2) is 9.89. The summed E-state index contributed by atoms with van der Waals surface area (Å²) in [5.74, 6) is -2.43. The highest BCUT2D eigenvalue weighted by molar-refractivity contribution is 7.92. The van der Waals surface area contributed by atoms with Crippen molar-refractivity contribution in [3.05, 3.63) is 38.4 Å². The minimum atomic E-state index is -4.67. The molecule has 15 heteroatoms. The lowest BCUT2D eigenvalue weighted by Crippen LogP contribution is -2.52. The van der Waals surface area contributed by atoms with Gasteiger partial charge in [0.15, 0.2) is 9.84 Å². The van der Waals surface area contributed by atoms with Crippen molar-refractivity contribution in [1.29, 1.82) is 0 Å². The highest BCUT2D eigenvalue weighted by atomic mass is 32.2. The van der Waals surface area contributed by atoms with Crippen molar-refractivity contribution in [2.45, 2.75) is 62.1 Å². The topological polar surface area (TPSA) is 199 Å². The SMILES string of the molecule is CC(=O)O[C@H]1C[C@@H](OC(C)=O)[C@H](S(=O)(=O)c2ccc([N+](=O)[O-])cc2[N+](=O)[O-])C[C@H]1OC(C)=O. The van der Waals surface area contributed by atoms with Gasteiger partial charge in [0, 0.05) is 39.7 Å². The molecular weight excluding hydrogens is 468 g/mol. The van der Waals surface area contributed by atoms with E-state index in [0.717, 1.165) is 32.9 Å². The standard InChI is InChI=1S/C18H20N2O12S/c1-9(21)30-14-7-16(32-11(3)23)18(8-15(14)31-10(2)22)33(28,29)17-5-4-12(19(24)25)6-13(17)20(26)27/h4-6,14-16,18H,7-8H2,1-3H3/t14-,15+,16+,18+/m0/s1. The van der Waals surface area contributed by atoms with Crippen LogP contribution in [0.3, 0.4) is 0 Å². The van der Waals surface area contributed by atoms with Crippen molar-refractivity contribution < 1.29 is 46.9 Å². The van der Waals surface area contributed by atoms with Crippen LogP contribution in [0.4, 0.5) is 11.4 Å². The molecule has 1 aromatic rings. The van der Waals surface area contributed by atoms with E-state index in [1.807, 2.05) is 0 Å². The molecule has 0 N–H and O–H groups in total. The fraction of sp³-hybridized carbons (Fsp3) is 0.500. The van der Waals surface area contributed by atoms with Gasteiger partial charge in [-0.1, -0.05) is 0 Å². The molecule has 1 saturated carbocycles. The Morgan fingerprint density at radius 2 is 1.33 bits per heavy atom. The number of nitro benzene ring substituents is 2. The molecule has 0 amide bonds. The number of nitro groups is 2. The number of sulfone groups is 1. The average molecular weight is 488 g/mol. The van der Waals surface area contributed by atoms with E-state index in [1.165, 1.54) is 0 Å². The number of hydrogen-bond donors (Lipinski definition) is 0. The number of ether oxygens (including phenoxy) is 3. The molecule has 1 aliphatic carbocycles. The third kappa shape index (κ3) is 6.00. The Balaban J connectivity index is 2.60. The fourth-order valence-electron chi connectivity index (χ4n) is 3.57. The van der Waals surface area contributed by atoms with Crippen molar-refractivity contribution in [1.82, 2.24) is 0 Å². The molecule has 0 bridgehead atoms. The largest absolute Gasteiger partial charge is 0.461 e. The summed E-state index contributed by atoms with van der Waals surface area (Å²) in [5.41, 5.74) is -1.74. The number of carbonyl (C=O) groups is 3. The summed E-state index contributed by atoms with van der Waals surface area (Å²) in [4.78, 5) is 54.2. The van der Waals surface area contributed by atoms with Gasteiger partial charge >= 0.3 is 17.9 Å². The highest BCUT2D eigenvalue weighted by Crippen LogP contribution is 2.38. The van der Waals surface area contributed by atoms with Crippen molar-refractivity contribution in [2.24, 2.45) is 0 Å². The number of rotatable bonds is 7. The molecule has 4 atom stereocenters. The normalized spacial score (nSPS) is 22.6. The summed E-state index contributed by atoms with van der Waals surface area (Å²) >= 11 is 0. The van der Waals surface area contributed by atoms with Crippen LogP contribution in [0.5, 0.6) is 0 Å². The highest BCUT2D eigenvalue weighted by Gasteiger charge is 2.50. The molecule has 0 unspecified atom stereocenters. The smallest absolute Gasteiger partial charge is 0.303 e. The lowest BCUT2D eigenvalue weighted by atomic mass is 9.91. The summed E-state index contributed by atoms with van der Waals surface area (Å²) in [6, 6.07) is 2.01. The predicted octanol–water partition coefficient (Wildman–Crippen LogP) is 1.23. The van der Waals surface area contributed by atoms with Gasteiger partial charge in [-0.15, -0.1) is 0 Å². The Hall–Kier alpha value is -3.62. The minimum absolute atomic E-state index is 0.373. The quantitative estimate of drug-likeness (QED) is 0.230. The molecule has 0 saturated heterocycles. The first-order valence-electron chi connectivity index (χ1n) is 9.42. The van der Waals surface area contributed by atoms with Crippen molar-refractivity contribution >= 4 is 39.1 Å². The third-order valence-electron chi connectivity index (χ3n) is 4.77. The Morgan fingerprint density at radius 1 is 0.848 bits per heavy atom. The fourth-order valence-corrected chi connectivity index (χ4v) is 5.59. The lowest BCUT2D eigenvalue weighted by Gasteiger charge is -2.38. The molecule has 1 aromatic carbocycles. The molecule has 0 aliphatic heterocycles. The van der Waals surface area contributed by atoms with Crippen LogP contribution in [0, 0.1) is 20.2 Å². The monoisotopic (exact) mass is 488 g/mol. The van der Waals surface area contributed by atoms with Crippen LogP contribution in [0.15, 0.2) is 23.1 Å². The summed E-state index contributed by atoms with van der Waals surface area (Å²) in [5, 5.41) is 20.8. The first-order valence-corrected chi connectivity index (χ1v) is 11.0. The van der Waals surface area contributed by atoms with Gasteiger partial charge in [0.1, 0.15) is 28.5 Å². The third-order valence-corrected chi connectivity index (χ3v) is 7.02. The zero-order valence-electron chi connectivity index (χ0n) is 17.7. The first-order chi connectivity index (χ1) is 15.2. The van der Waals surface area contributed by atoms with E-state index >= 15 is 0 Å². The number of esters is 3. The maximum atomic E-state index is 13.4. The first kappa shape index (κ1) is 25.6. The van der Waals surface area contributed by atoms with E-state index < -0.39 is 83.8 Å². The van der Waals surface area contributed by atoms with Crippen LogP contribution in [0.25, 0.3) is 0 Å². The van der Waals surface area contributed by atoms with Gasteiger partial charge in [-0.25, -0.2) is 8.42 Å². The Kier molecular flexibility index (Phi) is 7.68. The number of benzene rings is 1. The second-order valence-corrected chi connectivity index (χ2v) is 9.30. The van der Waals surface area contributed by atoms with Crippen LogP contribution < -0.4 is 0 Å². The van der Waals surface area contributed by atoms with Crippen molar-refractivity contribution in [3.8, 4) is 0 Å². The molecule has 180 valence electrons. The predicted molar refractivity (Wildman–Crippen MR) is 107 cm³/mol. The maximum Gasteiger partial charge on any atom is 0.303 e. The summed E-state index contributed by atoms with van der Waals surface area (Å²) < 4.78 is 42.2. The lowest BCUT2D eigenvalue weighted by molar-refractivity contribution is -0.396. The second-order valence-electron chi connectivity index (χ2n) is 7.16. The van der Waals surface area contributed by atoms with E-state index in [4.69, 9.17) is 14.2 Å². The minimum Gasteiger partial charge on any atom is -0.461 e. The van der Waals surface area contributed by atoms with Crippen LogP contribution >= 0.6 is 0 Å². The van der Waals surface area contributed by atoms with E-state index in [-0.39, 0.29) is 6.42 Å². The molecule has 1 fully saturated rings. The van der Waals surface area contributed by atoms with Crippen molar-refractivity contribution in [3.63, 3.8) is 0 Å². The van der Waals surface area contributed by atoms with Gasteiger partial charge < -0.3 is 14.2 Å². The Morgan fingerprint density at radius 3 is 1.79 bits per heavy atom. The van der Waals surface area contributed by atoms with Gasteiger partial charge in [-0.05, 0) is 6.07 Å². The van der Waals surface area contributed by atoms with Crippen LogP contribution in [0.1, 0.15) is 33.6 Å². The molecule has 14 nitrogen and oxygen atoms in total. The van der Waals surface area contributed by atoms with Gasteiger partial charge in [0.05, 0.1) is 15.9 Å². The summed E-state index contributed by atoms with van der Waals surface area (Å²) in [7, 11) is -4.67. The molecule has 0 spiro atoms. The van der Waals surface area contributed by atoms with E-state index in [9.17, 15) is 43.0 Å². The molecule has 0 heterocycles. The Bertz CT molecular complexity index is 1100. The Labute approximate surface area is 187 Å². The van der Waals surface area contributed by atoms with Gasteiger partial charge in [-0.3, -0.25) is 34.6 Å². The number of carbonyl (C=O) groups excluding carboxylic acids is 3. The number of hydrogen-bond acceptors (Lipinski definition) is 12. The van der Waals surface area contributed by atoms with Crippen LogP contribution in [-0.2, 0) is 38.4 Å². The number of nitrogens with zero attached hydrogens (tertiary/aromatic N) is 2. The molecule has 0 aromatic heterocycles. The van der Waals surface area contributed by atoms with Crippen LogP contribution in [0.2, 0.25) is 0 Å². The average Bonchev–Trinajstić information content (AvgIpc) is 2.67. The zero-order valence-corrected chi connectivity index (χ0v) is 18.5. The zero-order chi connectivity index (χ0) is 25.1. The molecule has 1 aliphatic rings.